The Balaban J connectivity index is 2.84. The summed E-state index contributed by atoms with van der Waals surface area (Å²) in [4.78, 5) is 13.2. The molecule has 1 N–H and O–H groups in total. The van der Waals surface area contributed by atoms with Crippen LogP contribution in [0.4, 0.5) is 5.69 Å². The zero-order valence-corrected chi connectivity index (χ0v) is 9.07. The van der Waals surface area contributed by atoms with Crippen LogP contribution in [0.15, 0.2) is 24.4 Å². The number of nitro benzene ring substituents is 1. The fraction of sp³-hybridized carbons (Fsp3) is 0. The Hall–Kier alpha value is -1.20. The van der Waals surface area contributed by atoms with Crippen molar-refractivity contribution in [1.82, 2.24) is 4.98 Å². The Bertz CT molecular complexity index is 478. The van der Waals surface area contributed by atoms with Gasteiger partial charge in [0, 0.05) is 0 Å². The molecule has 0 aliphatic heterocycles. The monoisotopic (exact) mass is 230 g/mol. The van der Waals surface area contributed by atoms with Crippen molar-refractivity contribution < 1.29 is 4.92 Å². The molecular weight excluding hydrogens is 226 g/mol. The summed E-state index contributed by atoms with van der Waals surface area (Å²) in [6.45, 7) is 0. The fourth-order valence-corrected chi connectivity index (χ4v) is 1.99. The minimum absolute atomic E-state index is 0.140. The van der Waals surface area contributed by atoms with Gasteiger partial charge in [-0.3, -0.25) is 0 Å². The zero-order valence-electron chi connectivity index (χ0n) is 6.65. The molecule has 2 aromatic rings. The molecule has 5 heteroatoms. The van der Waals surface area contributed by atoms with Crippen LogP contribution in [0.25, 0.3) is 10.9 Å². The summed E-state index contributed by atoms with van der Waals surface area (Å²) in [5.74, 6) is 0. The quantitative estimate of drug-likeness (QED) is 0.449. The van der Waals surface area contributed by atoms with Crippen LogP contribution in [0, 0.1) is 10.1 Å². The zero-order chi connectivity index (χ0) is 9.42. The number of aromatic nitrogens is 1. The van der Waals surface area contributed by atoms with Gasteiger partial charge in [-0.1, -0.05) is 0 Å². The number of nitro groups is 1. The Morgan fingerprint density at radius 3 is 2.92 bits per heavy atom. The van der Waals surface area contributed by atoms with Crippen LogP contribution in [0.1, 0.15) is 0 Å². The van der Waals surface area contributed by atoms with E-state index < -0.39 is 0 Å². The van der Waals surface area contributed by atoms with Crippen LogP contribution in [0.5, 0.6) is 0 Å². The third-order valence-corrected chi connectivity index (χ3v) is 2.92. The number of benzene rings is 1. The molecule has 0 saturated heterocycles. The molecular formula is C8H5GaN2O2. The van der Waals surface area contributed by atoms with E-state index in [9.17, 15) is 10.1 Å². The molecule has 4 nitrogen and oxygen atoms in total. The summed E-state index contributed by atoms with van der Waals surface area (Å²) in [7, 11) is 0. The maximum absolute atomic E-state index is 10.6. The summed E-state index contributed by atoms with van der Waals surface area (Å²) in [5.41, 5.74) is 0.758. The van der Waals surface area contributed by atoms with Gasteiger partial charge in [0.2, 0.25) is 0 Å². The van der Waals surface area contributed by atoms with Crippen molar-refractivity contribution in [2.24, 2.45) is 0 Å². The summed E-state index contributed by atoms with van der Waals surface area (Å²) in [6.07, 6.45) is 1.80. The number of H-pyrrole nitrogens is 1. The summed E-state index contributed by atoms with van der Waals surface area (Å²) >= 11 is 1.46. The van der Waals surface area contributed by atoms with Gasteiger partial charge in [0.05, 0.1) is 0 Å². The predicted octanol–water partition coefficient (Wildman–Crippen LogP) is 0.870. The minimum atomic E-state index is -0.370. The van der Waals surface area contributed by atoms with Gasteiger partial charge in [-0.05, 0) is 0 Å². The molecule has 62 valence electrons. The fourth-order valence-electron chi connectivity index (χ4n) is 1.31. The molecule has 0 bridgehead atoms. The molecule has 0 aliphatic rings. The van der Waals surface area contributed by atoms with Gasteiger partial charge in [0.1, 0.15) is 0 Å². The molecule has 0 atom stereocenters. The number of hydrogen-bond acceptors (Lipinski definition) is 2. The molecule has 1 heterocycles. The first-order valence-electron chi connectivity index (χ1n) is 3.70. The first-order chi connectivity index (χ1) is 6.20. The number of rotatable bonds is 1. The maximum atomic E-state index is 10.6. The molecule has 1 aromatic carbocycles. The third kappa shape index (κ3) is 1.26. The van der Waals surface area contributed by atoms with E-state index in [1.165, 1.54) is 24.7 Å². The average Bonchev–Trinajstić information content (AvgIpc) is 2.48. The van der Waals surface area contributed by atoms with E-state index in [-0.39, 0.29) is 10.6 Å². The molecule has 1 aromatic heterocycles. The Morgan fingerprint density at radius 1 is 1.46 bits per heavy atom. The van der Waals surface area contributed by atoms with Crippen molar-refractivity contribution in [2.45, 2.75) is 0 Å². The number of fused-ring (bicyclic) bond motifs is 1. The molecule has 0 fully saturated rings. The number of para-hydroxylation sites is 1. The number of hydrogen-bond donors (Lipinski definition) is 1. The summed E-state index contributed by atoms with van der Waals surface area (Å²) in [5, 5.41) is 11.6. The van der Waals surface area contributed by atoms with Crippen molar-refractivity contribution in [3.8, 4) is 0 Å². The van der Waals surface area contributed by atoms with E-state index >= 15 is 0 Å². The van der Waals surface area contributed by atoms with Crippen molar-refractivity contribution in [2.75, 3.05) is 0 Å². The average molecular weight is 231 g/mol. The second-order valence-corrected chi connectivity index (χ2v) is 4.01. The molecule has 0 spiro atoms. The first kappa shape index (κ1) is 8.40. The number of nitrogens with one attached hydrogen (secondary N) is 1. The van der Waals surface area contributed by atoms with E-state index in [4.69, 9.17) is 0 Å². The van der Waals surface area contributed by atoms with Crippen LogP contribution < -0.4 is 4.12 Å². The van der Waals surface area contributed by atoms with E-state index in [1.807, 2.05) is 6.07 Å². The van der Waals surface area contributed by atoms with Gasteiger partial charge in [0.15, 0.2) is 0 Å². The standard InChI is InChI=1S/C8H5N2O2.Ga/c11-10(12)7-3-1-2-6-4-5-9-8(6)7;/h1-3,5,9H;. The molecule has 0 saturated carbocycles. The van der Waals surface area contributed by atoms with Gasteiger partial charge < -0.3 is 0 Å². The first-order valence-corrected chi connectivity index (χ1v) is 4.91. The second kappa shape index (κ2) is 2.93. The molecule has 2 rings (SSSR count). The van der Waals surface area contributed by atoms with Gasteiger partial charge in [0.25, 0.3) is 0 Å². The third-order valence-electron chi connectivity index (χ3n) is 1.92. The van der Waals surface area contributed by atoms with Gasteiger partial charge in [-0.25, -0.2) is 0 Å². The van der Waals surface area contributed by atoms with Gasteiger partial charge >= 0.3 is 83.7 Å². The Kier molecular flexibility index (Phi) is 1.89. The van der Waals surface area contributed by atoms with Crippen LogP contribution in [-0.2, 0) is 0 Å². The summed E-state index contributed by atoms with van der Waals surface area (Å²) < 4.78 is 1.09. The molecule has 13 heavy (non-hydrogen) atoms. The van der Waals surface area contributed by atoms with Crippen LogP contribution >= 0.6 is 0 Å². The van der Waals surface area contributed by atoms with E-state index in [0.29, 0.717) is 5.52 Å². The molecule has 0 unspecified atom stereocenters. The van der Waals surface area contributed by atoms with Crippen LogP contribution in [0.3, 0.4) is 0 Å². The van der Waals surface area contributed by atoms with Crippen molar-refractivity contribution >= 4 is 39.3 Å². The Morgan fingerprint density at radius 2 is 2.23 bits per heavy atom. The summed E-state index contributed by atoms with van der Waals surface area (Å²) in [6, 6.07) is 5.10. The molecule has 0 amide bonds. The predicted molar refractivity (Wildman–Crippen MR) is 50.3 cm³/mol. The molecule has 0 aliphatic carbocycles. The van der Waals surface area contributed by atoms with E-state index in [1.54, 1.807) is 12.3 Å². The van der Waals surface area contributed by atoms with Crippen LogP contribution in [-0.4, -0.2) is 28.5 Å². The van der Waals surface area contributed by atoms with E-state index in [2.05, 4.69) is 4.98 Å². The number of aromatic amines is 1. The Labute approximate surface area is 84.0 Å². The number of non-ortho nitro benzene ring substituents is 1. The van der Waals surface area contributed by atoms with Crippen LogP contribution in [0.2, 0.25) is 0 Å². The van der Waals surface area contributed by atoms with Gasteiger partial charge in [-0.2, -0.15) is 0 Å². The normalized spacial score (nSPS) is 10.5. The van der Waals surface area contributed by atoms with Crippen molar-refractivity contribution in [3.05, 3.63) is 34.5 Å². The second-order valence-electron chi connectivity index (χ2n) is 2.70. The van der Waals surface area contributed by atoms with Crippen molar-refractivity contribution in [1.29, 1.82) is 0 Å². The SMILES string of the molecule is O=[N+]([O-])c1cccc2[c]([Ga])c[nH]c12. The topological polar surface area (TPSA) is 58.9 Å². The van der Waals surface area contributed by atoms with E-state index in [0.717, 1.165) is 9.50 Å². The molecule has 2 radical (unpaired) electrons. The number of nitrogens with zero attached hydrogens (tertiary/aromatic N) is 1. The van der Waals surface area contributed by atoms with Crippen molar-refractivity contribution in [3.63, 3.8) is 0 Å². The van der Waals surface area contributed by atoms with Gasteiger partial charge in [-0.15, -0.1) is 0 Å².